The van der Waals surface area contributed by atoms with Crippen molar-refractivity contribution in [1.82, 2.24) is 20.3 Å². The molecule has 0 aliphatic heterocycles. The number of alkyl carbamates (subject to hydrolysis) is 1. The third-order valence-electron chi connectivity index (χ3n) is 3.29. The molecular weight excluding hydrogens is 258 g/mol. The zero-order valence-corrected chi connectivity index (χ0v) is 12.3. The van der Waals surface area contributed by atoms with E-state index < -0.39 is 5.60 Å². The van der Waals surface area contributed by atoms with Gasteiger partial charge in [-0.15, -0.1) is 5.10 Å². The highest BCUT2D eigenvalue weighted by Gasteiger charge is 2.32. The Hall–Kier alpha value is -1.63. The molecule has 7 heteroatoms. The number of carbonyl (C=O) groups excluding carboxylic acids is 1. The van der Waals surface area contributed by atoms with Crippen LogP contribution in [0.15, 0.2) is 6.20 Å². The summed E-state index contributed by atoms with van der Waals surface area (Å²) in [7, 11) is 0. The molecule has 1 amide bonds. The van der Waals surface area contributed by atoms with Gasteiger partial charge in [0.15, 0.2) is 0 Å². The first kappa shape index (κ1) is 14.8. The zero-order valence-electron chi connectivity index (χ0n) is 12.3. The van der Waals surface area contributed by atoms with E-state index in [2.05, 4.69) is 15.6 Å². The van der Waals surface area contributed by atoms with Crippen LogP contribution in [0.2, 0.25) is 0 Å². The van der Waals surface area contributed by atoms with Crippen molar-refractivity contribution in [2.45, 2.75) is 64.3 Å². The molecule has 1 saturated carbocycles. The molecule has 1 aliphatic carbocycles. The second kappa shape index (κ2) is 5.78. The lowest BCUT2D eigenvalue weighted by molar-refractivity contribution is 0.0493. The van der Waals surface area contributed by atoms with E-state index in [1.54, 1.807) is 4.68 Å². The third kappa shape index (κ3) is 3.69. The van der Waals surface area contributed by atoms with Crippen LogP contribution in [-0.2, 0) is 11.3 Å². The van der Waals surface area contributed by atoms with Gasteiger partial charge in [-0.3, -0.25) is 0 Å². The Morgan fingerprint density at radius 3 is 2.90 bits per heavy atom. The number of amides is 1. The molecule has 0 saturated heterocycles. The maximum Gasteiger partial charge on any atom is 0.407 e. The first-order valence-electron chi connectivity index (χ1n) is 6.99. The standard InChI is InChI=1S/C13H23N5O2/c1-13(2,3)20-12(19)15-10-5-4-6-11(10)18-8-9(7-14)16-17-18/h8,10-11H,4-7,14H2,1-3H3,(H,15,19)/t10-,11+/m0/s1. The summed E-state index contributed by atoms with van der Waals surface area (Å²) in [6.07, 6.45) is 4.40. The van der Waals surface area contributed by atoms with E-state index in [0.29, 0.717) is 6.54 Å². The van der Waals surface area contributed by atoms with Crippen LogP contribution in [0, 0.1) is 0 Å². The Kier molecular flexibility index (Phi) is 4.27. The molecule has 2 atom stereocenters. The predicted molar refractivity (Wildman–Crippen MR) is 74.0 cm³/mol. The van der Waals surface area contributed by atoms with Gasteiger partial charge in [-0.25, -0.2) is 9.48 Å². The minimum atomic E-state index is -0.488. The van der Waals surface area contributed by atoms with E-state index in [1.807, 2.05) is 27.0 Å². The van der Waals surface area contributed by atoms with Crippen LogP contribution >= 0.6 is 0 Å². The van der Waals surface area contributed by atoms with E-state index in [9.17, 15) is 4.79 Å². The summed E-state index contributed by atoms with van der Waals surface area (Å²) in [6, 6.07) is 0.146. The van der Waals surface area contributed by atoms with Gasteiger partial charge in [0.25, 0.3) is 0 Å². The van der Waals surface area contributed by atoms with Crippen molar-refractivity contribution < 1.29 is 9.53 Å². The number of ether oxygens (including phenoxy) is 1. The molecule has 1 aliphatic rings. The maximum atomic E-state index is 11.9. The fourth-order valence-electron chi connectivity index (χ4n) is 2.45. The van der Waals surface area contributed by atoms with Crippen LogP contribution in [0.1, 0.15) is 51.8 Å². The van der Waals surface area contributed by atoms with Gasteiger partial charge in [0.05, 0.1) is 24.0 Å². The van der Waals surface area contributed by atoms with Crippen LogP contribution in [0.5, 0.6) is 0 Å². The van der Waals surface area contributed by atoms with Crippen molar-refractivity contribution in [3.05, 3.63) is 11.9 Å². The Morgan fingerprint density at radius 2 is 2.30 bits per heavy atom. The number of aromatic nitrogens is 3. The van der Waals surface area contributed by atoms with Crippen molar-refractivity contribution in [3.63, 3.8) is 0 Å². The monoisotopic (exact) mass is 281 g/mol. The van der Waals surface area contributed by atoms with Gasteiger partial charge in [0.2, 0.25) is 0 Å². The van der Waals surface area contributed by atoms with Crippen molar-refractivity contribution >= 4 is 6.09 Å². The number of carbonyl (C=O) groups is 1. The molecule has 0 aromatic carbocycles. The van der Waals surface area contributed by atoms with E-state index in [1.165, 1.54) is 0 Å². The molecule has 1 aromatic rings. The predicted octanol–water partition coefficient (Wildman–Crippen LogP) is 1.36. The number of nitrogens with zero attached hydrogens (tertiary/aromatic N) is 3. The maximum absolute atomic E-state index is 11.9. The van der Waals surface area contributed by atoms with Gasteiger partial charge in [-0.1, -0.05) is 5.21 Å². The zero-order chi connectivity index (χ0) is 14.8. The van der Waals surface area contributed by atoms with Crippen molar-refractivity contribution in [1.29, 1.82) is 0 Å². The molecule has 0 unspecified atom stereocenters. The lowest BCUT2D eigenvalue weighted by Gasteiger charge is -2.24. The largest absolute Gasteiger partial charge is 0.444 e. The van der Waals surface area contributed by atoms with Gasteiger partial charge in [-0.2, -0.15) is 0 Å². The molecule has 0 radical (unpaired) electrons. The topological polar surface area (TPSA) is 95.1 Å². The highest BCUT2D eigenvalue weighted by atomic mass is 16.6. The van der Waals surface area contributed by atoms with Crippen molar-refractivity contribution in [3.8, 4) is 0 Å². The van der Waals surface area contributed by atoms with Gasteiger partial charge >= 0.3 is 6.09 Å². The molecular formula is C13H23N5O2. The normalized spacial score (nSPS) is 22.8. The molecule has 1 fully saturated rings. The van der Waals surface area contributed by atoms with Gasteiger partial charge in [0, 0.05) is 6.54 Å². The van der Waals surface area contributed by atoms with Gasteiger partial charge < -0.3 is 15.8 Å². The van der Waals surface area contributed by atoms with Crippen LogP contribution in [0.4, 0.5) is 4.79 Å². The van der Waals surface area contributed by atoms with E-state index in [0.717, 1.165) is 25.0 Å². The molecule has 0 spiro atoms. The second-order valence-corrected chi connectivity index (χ2v) is 6.14. The minimum Gasteiger partial charge on any atom is -0.444 e. The highest BCUT2D eigenvalue weighted by molar-refractivity contribution is 5.68. The SMILES string of the molecule is CC(C)(C)OC(=O)N[C@H]1CCC[C@H]1n1cc(CN)nn1. The summed E-state index contributed by atoms with van der Waals surface area (Å²) in [6.45, 7) is 5.92. The fourth-order valence-corrected chi connectivity index (χ4v) is 2.45. The molecule has 7 nitrogen and oxygen atoms in total. The summed E-state index contributed by atoms with van der Waals surface area (Å²) in [5.41, 5.74) is 5.81. The molecule has 20 heavy (non-hydrogen) atoms. The molecule has 3 N–H and O–H groups in total. The average Bonchev–Trinajstić information content (AvgIpc) is 2.93. The number of hydrogen-bond acceptors (Lipinski definition) is 5. The lowest BCUT2D eigenvalue weighted by atomic mass is 10.2. The van der Waals surface area contributed by atoms with Gasteiger partial charge in [0.1, 0.15) is 5.60 Å². The Balaban J connectivity index is 1.98. The quantitative estimate of drug-likeness (QED) is 0.872. The lowest BCUT2D eigenvalue weighted by Crippen LogP contribution is -2.41. The van der Waals surface area contributed by atoms with Crippen LogP contribution in [0.25, 0.3) is 0 Å². The molecule has 2 rings (SSSR count). The van der Waals surface area contributed by atoms with E-state index >= 15 is 0 Å². The number of rotatable bonds is 3. The number of hydrogen-bond donors (Lipinski definition) is 2. The number of nitrogens with two attached hydrogens (primary N) is 1. The first-order chi connectivity index (χ1) is 9.39. The van der Waals surface area contributed by atoms with Crippen molar-refractivity contribution in [2.24, 2.45) is 5.73 Å². The number of nitrogens with one attached hydrogen (secondary N) is 1. The summed E-state index contributed by atoms with van der Waals surface area (Å²) in [4.78, 5) is 11.9. The van der Waals surface area contributed by atoms with E-state index in [4.69, 9.17) is 10.5 Å². The smallest absolute Gasteiger partial charge is 0.407 e. The second-order valence-electron chi connectivity index (χ2n) is 6.14. The summed E-state index contributed by atoms with van der Waals surface area (Å²) in [5.74, 6) is 0. The average molecular weight is 281 g/mol. The van der Waals surface area contributed by atoms with Crippen molar-refractivity contribution in [2.75, 3.05) is 0 Å². The van der Waals surface area contributed by atoms with Gasteiger partial charge in [-0.05, 0) is 40.0 Å². The minimum absolute atomic E-state index is 0.0252. The molecule has 0 bridgehead atoms. The molecule has 1 heterocycles. The highest BCUT2D eigenvalue weighted by Crippen LogP contribution is 2.29. The Bertz CT molecular complexity index is 466. The van der Waals surface area contributed by atoms with Crippen LogP contribution < -0.4 is 11.1 Å². The summed E-state index contributed by atoms with van der Waals surface area (Å²) < 4.78 is 7.10. The molecule has 1 aromatic heterocycles. The van der Waals surface area contributed by atoms with Crippen LogP contribution in [0.3, 0.4) is 0 Å². The summed E-state index contributed by atoms with van der Waals surface area (Å²) >= 11 is 0. The van der Waals surface area contributed by atoms with E-state index in [-0.39, 0.29) is 18.2 Å². The Labute approximate surface area is 118 Å². The fraction of sp³-hybridized carbons (Fsp3) is 0.769. The third-order valence-corrected chi connectivity index (χ3v) is 3.29. The summed E-state index contributed by atoms with van der Waals surface area (Å²) in [5, 5.41) is 11.0. The Morgan fingerprint density at radius 1 is 1.55 bits per heavy atom. The van der Waals surface area contributed by atoms with Crippen LogP contribution in [-0.4, -0.2) is 32.7 Å². The molecule has 112 valence electrons. The first-order valence-corrected chi connectivity index (χ1v) is 6.99.